The van der Waals surface area contributed by atoms with Gasteiger partial charge in [-0.3, -0.25) is 0 Å². The van der Waals surface area contributed by atoms with E-state index in [4.69, 9.17) is 16.3 Å². The molecule has 0 radical (unpaired) electrons. The average molecular weight is 290 g/mol. The van der Waals surface area contributed by atoms with Crippen LogP contribution in [0.5, 0.6) is 5.75 Å². The van der Waals surface area contributed by atoms with Crippen molar-refractivity contribution in [2.75, 3.05) is 12.4 Å². The van der Waals surface area contributed by atoms with E-state index in [0.29, 0.717) is 0 Å². The van der Waals surface area contributed by atoms with Gasteiger partial charge in [-0.1, -0.05) is 35.4 Å². The maximum atomic E-state index is 6.07. The molecule has 0 aliphatic heterocycles. The molecule has 0 heterocycles. The zero-order chi connectivity index (χ0) is 14.7. The van der Waals surface area contributed by atoms with Gasteiger partial charge in [-0.2, -0.15) is 0 Å². The van der Waals surface area contributed by atoms with Gasteiger partial charge in [0.1, 0.15) is 5.75 Å². The summed E-state index contributed by atoms with van der Waals surface area (Å²) in [7, 11) is 1.70. The molecule has 2 aromatic carbocycles. The van der Waals surface area contributed by atoms with Crippen LogP contribution in [0.15, 0.2) is 36.4 Å². The molecule has 2 nitrogen and oxygen atoms in total. The fourth-order valence-corrected chi connectivity index (χ4v) is 2.42. The van der Waals surface area contributed by atoms with Crippen molar-refractivity contribution in [3.8, 4) is 5.75 Å². The number of aryl methyl sites for hydroxylation is 2. The lowest BCUT2D eigenvalue weighted by Gasteiger charge is -2.20. The lowest BCUT2D eigenvalue weighted by atomic mass is 10.0. The van der Waals surface area contributed by atoms with Gasteiger partial charge in [0.2, 0.25) is 0 Å². The van der Waals surface area contributed by atoms with E-state index in [-0.39, 0.29) is 6.04 Å². The Morgan fingerprint density at radius 2 is 1.85 bits per heavy atom. The normalized spacial score (nSPS) is 12.1. The molecule has 1 atom stereocenters. The molecular formula is C17H20ClNO. The maximum absolute atomic E-state index is 6.07. The highest BCUT2D eigenvalue weighted by molar-refractivity contribution is 6.30. The molecule has 20 heavy (non-hydrogen) atoms. The Hall–Kier alpha value is -1.67. The van der Waals surface area contributed by atoms with E-state index in [2.05, 4.69) is 38.2 Å². The van der Waals surface area contributed by atoms with Crippen LogP contribution in [0.25, 0.3) is 0 Å². The Bertz CT molecular complexity index is 610. The molecule has 0 saturated heterocycles. The standard InChI is InChI=1S/C17H20ClNO/c1-11-5-8-17(20-4)15(9-11)13(3)19-16-10-14(18)7-6-12(16)2/h5-10,13,19H,1-4H3. The molecule has 1 N–H and O–H groups in total. The Balaban J connectivity index is 2.30. The van der Waals surface area contributed by atoms with E-state index in [1.54, 1.807) is 7.11 Å². The van der Waals surface area contributed by atoms with Crippen molar-refractivity contribution in [2.24, 2.45) is 0 Å². The van der Waals surface area contributed by atoms with Crippen molar-refractivity contribution in [2.45, 2.75) is 26.8 Å². The Morgan fingerprint density at radius 1 is 1.10 bits per heavy atom. The molecule has 0 aliphatic carbocycles. The van der Waals surface area contributed by atoms with Gasteiger partial charge >= 0.3 is 0 Å². The summed E-state index contributed by atoms with van der Waals surface area (Å²) in [5.41, 5.74) is 4.59. The maximum Gasteiger partial charge on any atom is 0.124 e. The van der Waals surface area contributed by atoms with Crippen LogP contribution in [0, 0.1) is 13.8 Å². The van der Waals surface area contributed by atoms with Crippen LogP contribution in [-0.2, 0) is 0 Å². The van der Waals surface area contributed by atoms with Crippen molar-refractivity contribution >= 4 is 17.3 Å². The molecular weight excluding hydrogens is 270 g/mol. The number of anilines is 1. The largest absolute Gasteiger partial charge is 0.496 e. The summed E-state index contributed by atoms with van der Waals surface area (Å²) < 4.78 is 5.45. The van der Waals surface area contributed by atoms with Gasteiger partial charge in [0.25, 0.3) is 0 Å². The first-order valence-electron chi connectivity index (χ1n) is 6.68. The number of rotatable bonds is 4. The number of hydrogen-bond acceptors (Lipinski definition) is 2. The second kappa shape index (κ2) is 6.19. The third kappa shape index (κ3) is 3.26. The van der Waals surface area contributed by atoms with Crippen LogP contribution in [-0.4, -0.2) is 7.11 Å². The van der Waals surface area contributed by atoms with Crippen LogP contribution in [0.3, 0.4) is 0 Å². The second-order valence-electron chi connectivity index (χ2n) is 5.07. The number of methoxy groups -OCH3 is 1. The van der Waals surface area contributed by atoms with E-state index >= 15 is 0 Å². The Morgan fingerprint density at radius 3 is 2.55 bits per heavy atom. The van der Waals surface area contributed by atoms with E-state index in [1.807, 2.05) is 24.3 Å². The zero-order valence-electron chi connectivity index (χ0n) is 12.3. The lowest BCUT2D eigenvalue weighted by Crippen LogP contribution is -2.09. The summed E-state index contributed by atoms with van der Waals surface area (Å²) in [6.07, 6.45) is 0. The smallest absolute Gasteiger partial charge is 0.124 e. The van der Waals surface area contributed by atoms with Gasteiger partial charge < -0.3 is 10.1 Å². The predicted octanol–water partition coefficient (Wildman–Crippen LogP) is 5.14. The fraction of sp³-hybridized carbons (Fsp3) is 0.294. The van der Waals surface area contributed by atoms with Crippen molar-refractivity contribution in [3.05, 3.63) is 58.1 Å². The third-order valence-electron chi connectivity index (χ3n) is 3.42. The summed E-state index contributed by atoms with van der Waals surface area (Å²) >= 11 is 6.07. The molecule has 0 amide bonds. The molecule has 0 aliphatic rings. The minimum Gasteiger partial charge on any atom is -0.496 e. The van der Waals surface area contributed by atoms with Crippen molar-refractivity contribution in [3.63, 3.8) is 0 Å². The van der Waals surface area contributed by atoms with Crippen LogP contribution in [0.1, 0.15) is 29.7 Å². The SMILES string of the molecule is COc1ccc(C)cc1C(C)Nc1cc(Cl)ccc1C. The molecule has 0 spiro atoms. The van der Waals surface area contributed by atoms with Crippen LogP contribution in [0.4, 0.5) is 5.69 Å². The highest BCUT2D eigenvalue weighted by atomic mass is 35.5. The first kappa shape index (κ1) is 14.7. The Kier molecular flexibility index (Phi) is 4.56. The van der Waals surface area contributed by atoms with E-state index in [9.17, 15) is 0 Å². The highest BCUT2D eigenvalue weighted by Crippen LogP contribution is 2.30. The molecule has 1 unspecified atom stereocenters. The minimum absolute atomic E-state index is 0.141. The van der Waals surface area contributed by atoms with Crippen LogP contribution >= 0.6 is 11.6 Å². The van der Waals surface area contributed by atoms with Crippen molar-refractivity contribution in [1.29, 1.82) is 0 Å². The highest BCUT2D eigenvalue weighted by Gasteiger charge is 2.12. The van der Waals surface area contributed by atoms with Crippen LogP contribution in [0.2, 0.25) is 5.02 Å². The van der Waals surface area contributed by atoms with Crippen LogP contribution < -0.4 is 10.1 Å². The molecule has 106 valence electrons. The monoisotopic (exact) mass is 289 g/mol. The second-order valence-corrected chi connectivity index (χ2v) is 5.51. The molecule has 3 heteroatoms. The Labute approximate surface area is 125 Å². The number of benzene rings is 2. The summed E-state index contributed by atoms with van der Waals surface area (Å²) in [4.78, 5) is 0. The number of ether oxygens (including phenoxy) is 1. The van der Waals surface area contributed by atoms with Gasteiger partial charge in [0, 0.05) is 16.3 Å². The number of hydrogen-bond donors (Lipinski definition) is 1. The first-order valence-corrected chi connectivity index (χ1v) is 7.06. The molecule has 0 bridgehead atoms. The van der Waals surface area contributed by atoms with E-state index < -0.39 is 0 Å². The molecule has 2 rings (SSSR count). The van der Waals surface area contributed by atoms with Gasteiger partial charge in [-0.25, -0.2) is 0 Å². The van der Waals surface area contributed by atoms with Gasteiger partial charge in [0.05, 0.1) is 13.2 Å². The summed E-state index contributed by atoms with van der Waals surface area (Å²) in [6.45, 7) is 6.27. The number of halogens is 1. The summed E-state index contributed by atoms with van der Waals surface area (Å²) in [6, 6.07) is 12.2. The zero-order valence-corrected chi connectivity index (χ0v) is 13.1. The average Bonchev–Trinajstić information content (AvgIpc) is 2.42. The predicted molar refractivity (Wildman–Crippen MR) is 86.0 cm³/mol. The molecule has 0 aromatic heterocycles. The summed E-state index contributed by atoms with van der Waals surface area (Å²) in [5.74, 6) is 0.898. The third-order valence-corrected chi connectivity index (χ3v) is 3.66. The lowest BCUT2D eigenvalue weighted by molar-refractivity contribution is 0.408. The molecule has 0 fully saturated rings. The van der Waals surface area contributed by atoms with E-state index in [1.165, 1.54) is 11.1 Å². The topological polar surface area (TPSA) is 21.3 Å². The quantitative estimate of drug-likeness (QED) is 0.841. The molecule has 2 aromatic rings. The van der Waals surface area contributed by atoms with Crippen molar-refractivity contribution < 1.29 is 4.74 Å². The first-order chi connectivity index (χ1) is 9.51. The molecule has 0 saturated carbocycles. The van der Waals surface area contributed by atoms with Gasteiger partial charge in [-0.15, -0.1) is 0 Å². The fourth-order valence-electron chi connectivity index (χ4n) is 2.25. The van der Waals surface area contributed by atoms with Gasteiger partial charge in [-0.05, 0) is 44.5 Å². The summed E-state index contributed by atoms with van der Waals surface area (Å²) in [5, 5.41) is 4.24. The number of nitrogens with one attached hydrogen (secondary N) is 1. The van der Waals surface area contributed by atoms with E-state index in [0.717, 1.165) is 22.0 Å². The van der Waals surface area contributed by atoms with Crippen molar-refractivity contribution in [1.82, 2.24) is 0 Å². The van der Waals surface area contributed by atoms with Gasteiger partial charge in [0.15, 0.2) is 0 Å². The minimum atomic E-state index is 0.141.